The summed E-state index contributed by atoms with van der Waals surface area (Å²) in [6.45, 7) is 0. The smallest absolute Gasteiger partial charge is 0.132 e. The molecule has 5 heteroatoms. The minimum Gasteiger partial charge on any atom is -0.397 e. The molecule has 0 saturated heterocycles. The number of halogens is 2. The third-order valence-corrected chi connectivity index (χ3v) is 3.25. The summed E-state index contributed by atoms with van der Waals surface area (Å²) in [7, 11) is 0. The fourth-order valence-electron chi connectivity index (χ4n) is 1.51. The molecule has 0 atom stereocenters. The number of thiophene rings is 1. The first kappa shape index (κ1) is 12.3. The Morgan fingerprint density at radius 2 is 2.06 bits per heavy atom. The van der Waals surface area contributed by atoms with Gasteiger partial charge in [-0.2, -0.15) is 5.26 Å². The summed E-state index contributed by atoms with van der Waals surface area (Å²) in [5, 5.41) is 10.9. The van der Waals surface area contributed by atoms with Gasteiger partial charge in [-0.25, -0.2) is 8.78 Å². The Kier molecular flexibility index (Phi) is 3.40. The van der Waals surface area contributed by atoms with Crippen LogP contribution in [0.5, 0.6) is 0 Å². The van der Waals surface area contributed by atoms with Crippen molar-refractivity contribution in [2.45, 2.75) is 0 Å². The molecule has 0 aliphatic carbocycles. The first-order valence-corrected chi connectivity index (χ1v) is 5.90. The molecule has 0 saturated carbocycles. The van der Waals surface area contributed by atoms with Crippen molar-refractivity contribution in [2.24, 2.45) is 5.73 Å². The zero-order valence-corrected chi connectivity index (χ0v) is 9.97. The number of allylic oxidation sites excluding steroid dienone is 1. The standard InChI is InChI=1S/C13H8F2N2S/c14-8-3-4-11(15)9(6-8)13(17)10(7-16)12-2-1-5-18-12/h1-6H,17H2/b13-10-. The van der Waals surface area contributed by atoms with Crippen LogP contribution in [0.25, 0.3) is 11.3 Å². The van der Waals surface area contributed by atoms with E-state index < -0.39 is 11.6 Å². The molecule has 2 aromatic rings. The van der Waals surface area contributed by atoms with Gasteiger partial charge >= 0.3 is 0 Å². The molecule has 0 unspecified atom stereocenters. The van der Waals surface area contributed by atoms with Crippen LogP contribution in [0.3, 0.4) is 0 Å². The normalized spacial score (nSPS) is 11.8. The molecule has 0 fully saturated rings. The van der Waals surface area contributed by atoms with Crippen molar-refractivity contribution in [1.29, 1.82) is 5.26 Å². The van der Waals surface area contributed by atoms with Crippen LogP contribution in [0, 0.1) is 23.0 Å². The highest BCUT2D eigenvalue weighted by Gasteiger charge is 2.13. The van der Waals surface area contributed by atoms with Crippen LogP contribution in [-0.4, -0.2) is 0 Å². The number of nitrogens with zero attached hydrogens (tertiary/aromatic N) is 1. The first-order chi connectivity index (χ1) is 8.63. The number of nitrogens with two attached hydrogens (primary N) is 1. The van der Waals surface area contributed by atoms with Crippen LogP contribution in [0.1, 0.15) is 10.4 Å². The lowest BCUT2D eigenvalue weighted by Gasteiger charge is -2.06. The van der Waals surface area contributed by atoms with E-state index in [1.54, 1.807) is 17.5 Å². The zero-order valence-electron chi connectivity index (χ0n) is 9.15. The topological polar surface area (TPSA) is 49.8 Å². The molecule has 0 aliphatic rings. The third kappa shape index (κ3) is 2.24. The lowest BCUT2D eigenvalue weighted by molar-refractivity contribution is 0.597. The molecule has 0 amide bonds. The molecule has 90 valence electrons. The molecule has 0 spiro atoms. The number of nitriles is 1. The third-order valence-electron chi connectivity index (χ3n) is 2.37. The molecule has 0 radical (unpaired) electrons. The maximum Gasteiger partial charge on any atom is 0.132 e. The first-order valence-electron chi connectivity index (χ1n) is 5.02. The average Bonchev–Trinajstić information content (AvgIpc) is 2.87. The summed E-state index contributed by atoms with van der Waals surface area (Å²) in [4.78, 5) is 0.624. The van der Waals surface area contributed by atoms with E-state index in [0.717, 1.165) is 18.2 Å². The predicted molar refractivity (Wildman–Crippen MR) is 67.3 cm³/mol. The maximum absolute atomic E-state index is 13.6. The van der Waals surface area contributed by atoms with Crippen molar-refractivity contribution in [1.82, 2.24) is 0 Å². The van der Waals surface area contributed by atoms with Crippen molar-refractivity contribution < 1.29 is 8.78 Å². The lowest BCUT2D eigenvalue weighted by atomic mass is 10.1. The summed E-state index contributed by atoms with van der Waals surface area (Å²) in [6, 6.07) is 8.36. The SMILES string of the molecule is N#C/C(=C(/N)c1cc(F)ccc1F)c1cccs1. The van der Waals surface area contributed by atoms with Gasteiger partial charge in [0.1, 0.15) is 17.7 Å². The summed E-state index contributed by atoms with van der Waals surface area (Å²) < 4.78 is 26.7. The predicted octanol–water partition coefficient (Wildman–Crippen LogP) is 3.38. The molecule has 0 aliphatic heterocycles. The summed E-state index contributed by atoms with van der Waals surface area (Å²) in [5.74, 6) is -1.25. The van der Waals surface area contributed by atoms with E-state index in [2.05, 4.69) is 0 Å². The molecule has 0 bridgehead atoms. The van der Waals surface area contributed by atoms with Crippen molar-refractivity contribution >= 4 is 22.6 Å². The highest BCUT2D eigenvalue weighted by Crippen LogP contribution is 2.27. The Bertz CT molecular complexity index is 640. The monoisotopic (exact) mass is 262 g/mol. The Labute approximate surface area is 107 Å². The van der Waals surface area contributed by atoms with Gasteiger partial charge in [-0.05, 0) is 29.6 Å². The quantitative estimate of drug-likeness (QED) is 0.843. The number of benzene rings is 1. The minimum absolute atomic E-state index is 0.0584. The lowest BCUT2D eigenvalue weighted by Crippen LogP contribution is -2.03. The molecular formula is C13H8F2N2S. The van der Waals surface area contributed by atoms with Crippen molar-refractivity contribution in [3.8, 4) is 6.07 Å². The average molecular weight is 262 g/mol. The molecule has 1 heterocycles. The Balaban J connectivity index is 2.62. The Morgan fingerprint density at radius 3 is 2.67 bits per heavy atom. The highest BCUT2D eigenvalue weighted by atomic mass is 32.1. The fourth-order valence-corrected chi connectivity index (χ4v) is 2.24. The summed E-state index contributed by atoms with van der Waals surface area (Å²) >= 11 is 1.31. The molecule has 2 N–H and O–H groups in total. The minimum atomic E-state index is -0.654. The summed E-state index contributed by atoms with van der Waals surface area (Å²) in [5.41, 5.74) is 5.76. The van der Waals surface area contributed by atoms with E-state index in [0.29, 0.717) is 4.88 Å². The van der Waals surface area contributed by atoms with Crippen LogP contribution in [0.15, 0.2) is 35.7 Å². The fraction of sp³-hybridized carbons (Fsp3) is 0. The van der Waals surface area contributed by atoms with Gasteiger partial charge in [-0.3, -0.25) is 0 Å². The zero-order chi connectivity index (χ0) is 13.1. The van der Waals surface area contributed by atoms with Gasteiger partial charge in [-0.1, -0.05) is 6.07 Å². The van der Waals surface area contributed by atoms with Gasteiger partial charge in [0.05, 0.1) is 11.3 Å². The van der Waals surface area contributed by atoms with E-state index >= 15 is 0 Å². The van der Waals surface area contributed by atoms with Crippen LogP contribution in [0.2, 0.25) is 0 Å². The van der Waals surface area contributed by atoms with Gasteiger partial charge in [0.2, 0.25) is 0 Å². The van der Waals surface area contributed by atoms with E-state index in [9.17, 15) is 8.78 Å². The van der Waals surface area contributed by atoms with Gasteiger partial charge in [-0.15, -0.1) is 11.3 Å². The molecule has 18 heavy (non-hydrogen) atoms. The second-order valence-electron chi connectivity index (χ2n) is 3.50. The van der Waals surface area contributed by atoms with Crippen LogP contribution in [0.4, 0.5) is 8.78 Å². The van der Waals surface area contributed by atoms with E-state index in [-0.39, 0.29) is 16.8 Å². The van der Waals surface area contributed by atoms with Gasteiger partial charge in [0.15, 0.2) is 0 Å². The Hall–Kier alpha value is -2.19. The largest absolute Gasteiger partial charge is 0.397 e. The van der Waals surface area contributed by atoms with Crippen LogP contribution in [-0.2, 0) is 0 Å². The number of rotatable bonds is 2. The van der Waals surface area contributed by atoms with Gasteiger partial charge in [0.25, 0.3) is 0 Å². The van der Waals surface area contributed by atoms with E-state index in [1.807, 2.05) is 6.07 Å². The van der Waals surface area contributed by atoms with Gasteiger partial charge < -0.3 is 5.73 Å². The van der Waals surface area contributed by atoms with E-state index in [1.165, 1.54) is 11.3 Å². The molecule has 2 rings (SSSR count). The van der Waals surface area contributed by atoms with Crippen LogP contribution < -0.4 is 5.73 Å². The van der Waals surface area contributed by atoms with E-state index in [4.69, 9.17) is 11.0 Å². The maximum atomic E-state index is 13.6. The molecular weight excluding hydrogens is 254 g/mol. The second kappa shape index (κ2) is 4.98. The van der Waals surface area contributed by atoms with Crippen molar-refractivity contribution in [3.63, 3.8) is 0 Å². The number of hydrogen-bond acceptors (Lipinski definition) is 3. The van der Waals surface area contributed by atoms with Crippen LogP contribution >= 0.6 is 11.3 Å². The van der Waals surface area contributed by atoms with Crippen molar-refractivity contribution in [3.05, 3.63) is 57.8 Å². The Morgan fingerprint density at radius 1 is 1.28 bits per heavy atom. The summed E-state index contributed by atoms with van der Waals surface area (Å²) in [6.07, 6.45) is 0. The second-order valence-corrected chi connectivity index (χ2v) is 4.45. The highest BCUT2D eigenvalue weighted by molar-refractivity contribution is 7.11. The number of hydrogen-bond donors (Lipinski definition) is 1. The molecule has 2 nitrogen and oxygen atoms in total. The van der Waals surface area contributed by atoms with Crippen molar-refractivity contribution in [2.75, 3.05) is 0 Å². The molecule has 1 aromatic carbocycles. The van der Waals surface area contributed by atoms with Gasteiger partial charge in [0, 0.05) is 10.4 Å². The molecule has 1 aromatic heterocycles.